The van der Waals surface area contributed by atoms with Crippen molar-refractivity contribution in [3.63, 3.8) is 0 Å². The minimum Gasteiger partial charge on any atom is -0.326 e. The molecule has 0 atom stereocenters. The normalized spacial score (nSPS) is 12.1. The molecular formula is C9H8F3NO. The number of hydrogen-bond acceptors (Lipinski definition) is 1. The summed E-state index contributed by atoms with van der Waals surface area (Å²) in [5.41, 5.74) is -1.20. The van der Waals surface area contributed by atoms with Gasteiger partial charge in [-0.2, -0.15) is 13.2 Å². The Kier molecular flexibility index (Phi) is 2.39. The van der Waals surface area contributed by atoms with Crippen molar-refractivity contribution in [3.8, 4) is 0 Å². The topological polar surface area (TPSA) is 29.1 Å². The van der Waals surface area contributed by atoms with Gasteiger partial charge in [-0.3, -0.25) is 4.79 Å². The van der Waals surface area contributed by atoms with E-state index in [0.29, 0.717) is 0 Å². The third kappa shape index (κ3) is 2.76. The molecule has 0 aliphatic heterocycles. The quantitative estimate of drug-likeness (QED) is 0.748. The summed E-state index contributed by atoms with van der Waals surface area (Å²) in [5, 5.41) is 2.16. The van der Waals surface area contributed by atoms with Crippen LogP contribution in [-0.2, 0) is 11.0 Å². The van der Waals surface area contributed by atoms with Gasteiger partial charge in [0.25, 0.3) is 0 Å². The molecule has 0 aliphatic rings. The van der Waals surface area contributed by atoms with E-state index in [1.807, 2.05) is 0 Å². The van der Waals surface area contributed by atoms with Crippen LogP contribution in [0.25, 0.3) is 0 Å². The van der Waals surface area contributed by atoms with E-state index in [1.165, 1.54) is 13.0 Å². The molecule has 2 nitrogen and oxygen atoms in total. The standard InChI is InChI=1S/C9H8F3NO/c1-6(14)13-8-4-2-3-7(5-8)9(10,11)12/h2-5H,1H3,(H,13,14)/i5D. The molecule has 1 amide bonds. The maximum absolute atomic E-state index is 12.3. The predicted octanol–water partition coefficient (Wildman–Crippen LogP) is 2.66. The number of carbonyl (C=O) groups excluding carboxylic acids is 1. The Labute approximate surface area is 80.1 Å². The van der Waals surface area contributed by atoms with Crippen LogP contribution in [0.2, 0.25) is 0 Å². The number of carbonyl (C=O) groups is 1. The van der Waals surface area contributed by atoms with Gasteiger partial charge in [0.15, 0.2) is 0 Å². The molecule has 5 heteroatoms. The molecule has 1 aromatic rings. The van der Waals surface area contributed by atoms with Crippen molar-refractivity contribution in [3.05, 3.63) is 29.8 Å². The lowest BCUT2D eigenvalue weighted by Crippen LogP contribution is -2.09. The lowest BCUT2D eigenvalue weighted by Gasteiger charge is -2.08. The molecule has 0 fully saturated rings. The van der Waals surface area contributed by atoms with Gasteiger partial charge in [-0.25, -0.2) is 0 Å². The highest BCUT2D eigenvalue weighted by molar-refractivity contribution is 5.88. The Morgan fingerprint density at radius 3 is 2.64 bits per heavy atom. The van der Waals surface area contributed by atoms with Gasteiger partial charge in [0.05, 0.1) is 6.93 Å². The lowest BCUT2D eigenvalue weighted by atomic mass is 10.2. The zero-order valence-corrected chi connectivity index (χ0v) is 7.27. The molecule has 0 radical (unpaired) electrons. The number of alkyl halides is 3. The van der Waals surface area contributed by atoms with Crippen LogP contribution in [0, 0.1) is 0 Å². The highest BCUT2D eigenvalue weighted by Gasteiger charge is 2.30. The molecule has 1 aromatic carbocycles. The largest absolute Gasteiger partial charge is 0.416 e. The number of anilines is 1. The van der Waals surface area contributed by atoms with Crippen LogP contribution in [0.5, 0.6) is 0 Å². The van der Waals surface area contributed by atoms with E-state index in [4.69, 9.17) is 1.37 Å². The van der Waals surface area contributed by atoms with Gasteiger partial charge >= 0.3 is 6.18 Å². The molecule has 76 valence electrons. The second-order valence-electron chi connectivity index (χ2n) is 2.66. The molecular weight excluding hydrogens is 195 g/mol. The number of halogens is 3. The summed E-state index contributed by atoms with van der Waals surface area (Å²) in [6.07, 6.45) is -4.58. The third-order valence-corrected chi connectivity index (χ3v) is 1.41. The minimum atomic E-state index is -4.58. The van der Waals surface area contributed by atoms with Crippen molar-refractivity contribution in [2.75, 3.05) is 5.32 Å². The first-order valence-electron chi connectivity index (χ1n) is 4.27. The summed E-state index contributed by atoms with van der Waals surface area (Å²) in [7, 11) is 0. The average molecular weight is 204 g/mol. The Hall–Kier alpha value is -1.52. The van der Waals surface area contributed by atoms with Crippen molar-refractivity contribution < 1.29 is 19.3 Å². The number of benzene rings is 1. The molecule has 0 aliphatic carbocycles. The highest BCUT2D eigenvalue weighted by Crippen LogP contribution is 2.30. The van der Waals surface area contributed by atoms with Gasteiger partial charge in [0.2, 0.25) is 5.91 Å². The van der Waals surface area contributed by atoms with Gasteiger partial charge in [-0.15, -0.1) is 0 Å². The number of rotatable bonds is 1. The first-order valence-corrected chi connectivity index (χ1v) is 3.77. The Morgan fingerprint density at radius 2 is 2.14 bits per heavy atom. The zero-order chi connectivity index (χ0) is 11.6. The number of amides is 1. The van der Waals surface area contributed by atoms with Gasteiger partial charge in [-0.05, 0) is 18.2 Å². The lowest BCUT2D eigenvalue weighted by molar-refractivity contribution is -0.137. The smallest absolute Gasteiger partial charge is 0.326 e. The van der Waals surface area contributed by atoms with E-state index in [2.05, 4.69) is 5.32 Å². The van der Waals surface area contributed by atoms with Crippen LogP contribution >= 0.6 is 0 Å². The Bertz CT molecular complexity index is 389. The van der Waals surface area contributed by atoms with E-state index in [0.717, 1.165) is 12.1 Å². The molecule has 0 heterocycles. The van der Waals surface area contributed by atoms with Crippen molar-refractivity contribution in [2.45, 2.75) is 13.1 Å². The summed E-state index contributed by atoms with van der Waals surface area (Å²) < 4.78 is 44.3. The monoisotopic (exact) mass is 204 g/mol. The molecule has 0 saturated heterocycles. The molecule has 0 spiro atoms. The molecule has 0 saturated carbocycles. The molecule has 1 rings (SSSR count). The molecule has 1 N–H and O–H groups in total. The summed E-state index contributed by atoms with van der Waals surface area (Å²) in [5.74, 6) is -0.511. The number of nitrogens with one attached hydrogen (secondary N) is 1. The summed E-state index contributed by atoms with van der Waals surface area (Å²) in [4.78, 5) is 10.7. The van der Waals surface area contributed by atoms with Gasteiger partial charge in [0, 0.05) is 12.6 Å². The van der Waals surface area contributed by atoms with E-state index >= 15 is 0 Å². The highest BCUT2D eigenvalue weighted by atomic mass is 19.4. The Morgan fingerprint density at radius 1 is 1.50 bits per heavy atom. The first-order chi connectivity index (χ1) is 6.82. The minimum absolute atomic E-state index is 0.141. The fourth-order valence-electron chi connectivity index (χ4n) is 0.897. The van der Waals surface area contributed by atoms with Crippen LogP contribution in [0.1, 0.15) is 13.9 Å². The first kappa shape index (κ1) is 9.05. The SMILES string of the molecule is [2H]c1c(NC(C)=O)cccc1C(F)(F)F. The Balaban J connectivity index is 3.17. The van der Waals surface area contributed by atoms with Crippen molar-refractivity contribution in [1.29, 1.82) is 0 Å². The molecule has 0 bridgehead atoms. The molecule has 0 unspecified atom stereocenters. The predicted molar refractivity (Wildman–Crippen MR) is 45.7 cm³/mol. The maximum Gasteiger partial charge on any atom is 0.416 e. The summed E-state index contributed by atoms with van der Waals surface area (Å²) >= 11 is 0. The van der Waals surface area contributed by atoms with Crippen molar-refractivity contribution in [1.82, 2.24) is 0 Å². The summed E-state index contributed by atoms with van der Waals surface area (Å²) in [6.45, 7) is 1.17. The van der Waals surface area contributed by atoms with Crippen LogP contribution < -0.4 is 5.32 Å². The fourth-order valence-corrected chi connectivity index (χ4v) is 0.897. The number of hydrogen-bond donors (Lipinski definition) is 1. The van der Waals surface area contributed by atoms with Crippen LogP contribution in [0.4, 0.5) is 18.9 Å². The van der Waals surface area contributed by atoms with E-state index in [-0.39, 0.29) is 5.69 Å². The second kappa shape index (κ2) is 3.69. The van der Waals surface area contributed by atoms with Gasteiger partial charge in [-0.1, -0.05) is 6.07 Å². The van der Waals surface area contributed by atoms with Crippen LogP contribution in [0.3, 0.4) is 0 Å². The zero-order valence-electron chi connectivity index (χ0n) is 8.27. The second-order valence-corrected chi connectivity index (χ2v) is 2.66. The van der Waals surface area contributed by atoms with Crippen molar-refractivity contribution >= 4 is 11.6 Å². The van der Waals surface area contributed by atoms with Crippen molar-refractivity contribution in [2.24, 2.45) is 0 Å². The molecule has 0 aromatic heterocycles. The third-order valence-electron chi connectivity index (χ3n) is 1.41. The maximum atomic E-state index is 12.3. The average Bonchev–Trinajstić information content (AvgIpc) is 2.05. The summed E-state index contributed by atoms with van der Waals surface area (Å²) in [6, 6.07) is 2.47. The van der Waals surface area contributed by atoms with Gasteiger partial charge < -0.3 is 5.32 Å². The molecule has 14 heavy (non-hydrogen) atoms. The van der Waals surface area contributed by atoms with Crippen LogP contribution in [-0.4, -0.2) is 5.91 Å². The van der Waals surface area contributed by atoms with E-state index < -0.39 is 23.7 Å². The van der Waals surface area contributed by atoms with E-state index in [1.54, 1.807) is 0 Å². The van der Waals surface area contributed by atoms with Crippen LogP contribution in [0.15, 0.2) is 24.2 Å². The fraction of sp³-hybridized carbons (Fsp3) is 0.222. The van der Waals surface area contributed by atoms with Gasteiger partial charge in [0.1, 0.15) is 0 Å². The van der Waals surface area contributed by atoms with E-state index in [9.17, 15) is 18.0 Å².